The average Bonchev–Trinajstić information content (AvgIpc) is 2.29. The molecule has 0 aromatic carbocycles. The van der Waals surface area contributed by atoms with Crippen LogP contribution in [0.4, 0.5) is 0 Å². The van der Waals surface area contributed by atoms with Crippen molar-refractivity contribution in [1.82, 2.24) is 10.2 Å². The SMILES string of the molecule is CNCCCC(=O)N1CCSCC1CC(=O)O. The molecule has 0 spiro atoms. The fraction of sp³-hybridized carbons (Fsp3) is 0.818. The Morgan fingerprint density at radius 1 is 1.53 bits per heavy atom. The molecule has 1 fully saturated rings. The number of nitrogens with one attached hydrogen (secondary N) is 1. The molecule has 0 radical (unpaired) electrons. The van der Waals surface area contributed by atoms with Crippen molar-refractivity contribution in [3.05, 3.63) is 0 Å². The van der Waals surface area contributed by atoms with Gasteiger partial charge in [0.2, 0.25) is 5.91 Å². The topological polar surface area (TPSA) is 69.6 Å². The van der Waals surface area contributed by atoms with E-state index < -0.39 is 5.97 Å². The van der Waals surface area contributed by atoms with Crippen LogP contribution in [-0.4, -0.2) is 59.6 Å². The molecule has 0 saturated carbocycles. The fourth-order valence-corrected chi connectivity index (χ4v) is 2.98. The molecule has 1 atom stereocenters. The van der Waals surface area contributed by atoms with E-state index in [9.17, 15) is 9.59 Å². The molecular weight excluding hydrogens is 240 g/mol. The Hall–Kier alpha value is -0.750. The van der Waals surface area contributed by atoms with E-state index in [0.29, 0.717) is 13.0 Å². The zero-order valence-corrected chi connectivity index (χ0v) is 11.0. The molecule has 1 unspecified atom stereocenters. The Labute approximate surface area is 106 Å². The van der Waals surface area contributed by atoms with Crippen LogP contribution in [0.15, 0.2) is 0 Å². The predicted molar refractivity (Wildman–Crippen MR) is 68.2 cm³/mol. The Balaban J connectivity index is 2.45. The molecule has 0 aromatic rings. The largest absolute Gasteiger partial charge is 0.481 e. The van der Waals surface area contributed by atoms with Crippen molar-refractivity contribution >= 4 is 23.6 Å². The second-order valence-corrected chi connectivity index (χ2v) is 5.27. The molecule has 5 nitrogen and oxygen atoms in total. The van der Waals surface area contributed by atoms with E-state index in [1.807, 2.05) is 7.05 Å². The molecule has 1 heterocycles. The van der Waals surface area contributed by atoms with Crippen molar-refractivity contribution in [1.29, 1.82) is 0 Å². The number of thioether (sulfide) groups is 1. The summed E-state index contributed by atoms with van der Waals surface area (Å²) in [5.74, 6) is 0.912. The first-order chi connectivity index (χ1) is 8.15. The normalized spacial score (nSPS) is 20.3. The number of carboxylic acids is 1. The summed E-state index contributed by atoms with van der Waals surface area (Å²) in [5, 5.41) is 11.8. The lowest BCUT2D eigenvalue weighted by atomic mass is 10.1. The quantitative estimate of drug-likeness (QED) is 0.677. The van der Waals surface area contributed by atoms with E-state index in [1.165, 1.54) is 0 Å². The number of rotatable bonds is 6. The average molecular weight is 260 g/mol. The van der Waals surface area contributed by atoms with Crippen molar-refractivity contribution in [2.75, 3.05) is 31.6 Å². The highest BCUT2D eigenvalue weighted by atomic mass is 32.2. The number of hydrogen-bond acceptors (Lipinski definition) is 4. The zero-order valence-electron chi connectivity index (χ0n) is 10.1. The van der Waals surface area contributed by atoms with Crippen molar-refractivity contribution in [3.8, 4) is 0 Å². The summed E-state index contributed by atoms with van der Waals surface area (Å²) in [6, 6.07) is -0.131. The van der Waals surface area contributed by atoms with Crippen LogP contribution in [0, 0.1) is 0 Å². The van der Waals surface area contributed by atoms with E-state index >= 15 is 0 Å². The number of nitrogens with zero attached hydrogens (tertiary/aromatic N) is 1. The summed E-state index contributed by atoms with van der Waals surface area (Å²) < 4.78 is 0. The third-order valence-electron chi connectivity index (χ3n) is 2.78. The van der Waals surface area contributed by atoms with Gasteiger partial charge in [0.1, 0.15) is 0 Å². The minimum absolute atomic E-state index is 0.0603. The highest BCUT2D eigenvalue weighted by molar-refractivity contribution is 7.99. The monoisotopic (exact) mass is 260 g/mol. The van der Waals surface area contributed by atoms with Gasteiger partial charge in [-0.3, -0.25) is 9.59 Å². The van der Waals surface area contributed by atoms with Crippen LogP contribution in [0.5, 0.6) is 0 Å². The summed E-state index contributed by atoms with van der Waals surface area (Å²) in [4.78, 5) is 24.4. The van der Waals surface area contributed by atoms with Crippen LogP contribution in [-0.2, 0) is 9.59 Å². The highest BCUT2D eigenvalue weighted by Crippen LogP contribution is 2.20. The second-order valence-electron chi connectivity index (χ2n) is 4.12. The van der Waals surface area contributed by atoms with Gasteiger partial charge in [-0.1, -0.05) is 0 Å². The van der Waals surface area contributed by atoms with Gasteiger partial charge in [0, 0.05) is 24.5 Å². The molecule has 0 aliphatic carbocycles. The Morgan fingerprint density at radius 3 is 2.94 bits per heavy atom. The van der Waals surface area contributed by atoms with Gasteiger partial charge < -0.3 is 15.3 Å². The highest BCUT2D eigenvalue weighted by Gasteiger charge is 2.28. The molecule has 2 N–H and O–H groups in total. The summed E-state index contributed by atoms with van der Waals surface area (Å²) in [6.07, 6.45) is 1.37. The molecule has 1 saturated heterocycles. The lowest BCUT2D eigenvalue weighted by molar-refractivity contribution is -0.140. The van der Waals surface area contributed by atoms with Crippen LogP contribution in [0.1, 0.15) is 19.3 Å². The first-order valence-electron chi connectivity index (χ1n) is 5.88. The van der Waals surface area contributed by atoms with Crippen LogP contribution < -0.4 is 5.32 Å². The summed E-state index contributed by atoms with van der Waals surface area (Å²) in [7, 11) is 1.86. The maximum absolute atomic E-state index is 12.0. The third kappa shape index (κ3) is 4.95. The van der Waals surface area contributed by atoms with E-state index in [4.69, 9.17) is 5.11 Å². The van der Waals surface area contributed by atoms with Crippen LogP contribution in [0.3, 0.4) is 0 Å². The van der Waals surface area contributed by atoms with Gasteiger partial charge in [-0.2, -0.15) is 11.8 Å². The predicted octanol–water partition coefficient (Wildman–Crippen LogP) is 0.405. The lowest BCUT2D eigenvalue weighted by Gasteiger charge is -2.34. The Morgan fingerprint density at radius 2 is 2.29 bits per heavy atom. The molecule has 1 rings (SSSR count). The van der Waals surface area contributed by atoms with Gasteiger partial charge >= 0.3 is 5.97 Å². The van der Waals surface area contributed by atoms with E-state index in [1.54, 1.807) is 16.7 Å². The summed E-state index contributed by atoms with van der Waals surface area (Å²) in [6.45, 7) is 1.50. The van der Waals surface area contributed by atoms with Crippen molar-refractivity contribution < 1.29 is 14.7 Å². The standard InChI is InChI=1S/C11H20N2O3S/c1-12-4-2-3-10(14)13-5-6-17-8-9(13)7-11(15)16/h9,12H,2-8H2,1H3,(H,15,16). The van der Waals surface area contributed by atoms with E-state index in [2.05, 4.69) is 5.32 Å². The second kappa shape index (κ2) is 7.55. The molecular formula is C11H20N2O3S. The molecule has 17 heavy (non-hydrogen) atoms. The molecule has 0 aromatic heterocycles. The maximum atomic E-state index is 12.0. The van der Waals surface area contributed by atoms with Crippen molar-refractivity contribution in [3.63, 3.8) is 0 Å². The number of carbonyl (C=O) groups excluding carboxylic acids is 1. The molecule has 0 bridgehead atoms. The molecule has 6 heteroatoms. The zero-order chi connectivity index (χ0) is 12.7. The van der Waals surface area contributed by atoms with Gasteiger partial charge in [-0.25, -0.2) is 0 Å². The van der Waals surface area contributed by atoms with Gasteiger partial charge in [-0.05, 0) is 20.0 Å². The Bertz CT molecular complexity index is 273. The first kappa shape index (κ1) is 14.3. The van der Waals surface area contributed by atoms with Crippen LogP contribution >= 0.6 is 11.8 Å². The molecule has 1 amide bonds. The van der Waals surface area contributed by atoms with Gasteiger partial charge in [0.05, 0.1) is 12.5 Å². The summed E-state index contributed by atoms with van der Waals surface area (Å²) in [5.41, 5.74) is 0. The van der Waals surface area contributed by atoms with Gasteiger partial charge in [0.15, 0.2) is 0 Å². The lowest BCUT2D eigenvalue weighted by Crippen LogP contribution is -2.47. The van der Waals surface area contributed by atoms with Crippen LogP contribution in [0.2, 0.25) is 0 Å². The number of amides is 1. The third-order valence-corrected chi connectivity index (χ3v) is 3.87. The smallest absolute Gasteiger partial charge is 0.305 e. The Kier molecular flexibility index (Phi) is 6.36. The van der Waals surface area contributed by atoms with Crippen molar-refractivity contribution in [2.45, 2.75) is 25.3 Å². The van der Waals surface area contributed by atoms with Gasteiger partial charge in [-0.15, -0.1) is 0 Å². The molecule has 1 aliphatic rings. The van der Waals surface area contributed by atoms with Crippen LogP contribution in [0.25, 0.3) is 0 Å². The number of hydrogen-bond donors (Lipinski definition) is 2. The minimum Gasteiger partial charge on any atom is -0.481 e. The fourth-order valence-electron chi connectivity index (χ4n) is 1.91. The van der Waals surface area contributed by atoms with Gasteiger partial charge in [0.25, 0.3) is 0 Å². The summed E-state index contributed by atoms with van der Waals surface area (Å²) >= 11 is 1.72. The number of aliphatic carboxylic acids is 1. The maximum Gasteiger partial charge on any atom is 0.305 e. The van der Waals surface area contributed by atoms with E-state index in [-0.39, 0.29) is 18.4 Å². The number of carbonyl (C=O) groups is 2. The minimum atomic E-state index is -0.828. The number of carboxylic acid groups (broad SMARTS) is 1. The first-order valence-corrected chi connectivity index (χ1v) is 7.04. The molecule has 98 valence electrons. The molecule has 1 aliphatic heterocycles. The van der Waals surface area contributed by atoms with E-state index in [0.717, 1.165) is 24.5 Å². The van der Waals surface area contributed by atoms with Crippen molar-refractivity contribution in [2.24, 2.45) is 0 Å².